The van der Waals surface area contributed by atoms with Gasteiger partial charge in [0.05, 0.1) is 23.2 Å². The number of nitrogens with zero attached hydrogens (tertiary/aromatic N) is 4. The maximum absolute atomic E-state index is 12.9. The Bertz CT molecular complexity index is 954. The van der Waals surface area contributed by atoms with Crippen LogP contribution in [0.15, 0.2) is 58.7 Å². The first kappa shape index (κ1) is 17.2. The van der Waals surface area contributed by atoms with Gasteiger partial charge < -0.3 is 4.90 Å². The number of hydrogen-bond donors (Lipinski definition) is 0. The zero-order valence-electron chi connectivity index (χ0n) is 14.0. The number of benzene rings is 1. The van der Waals surface area contributed by atoms with Crippen molar-refractivity contribution in [2.45, 2.75) is 11.7 Å². The molecule has 0 aliphatic heterocycles. The van der Waals surface area contributed by atoms with E-state index in [1.807, 2.05) is 30.3 Å². The molecule has 7 heteroatoms. The molecule has 3 rings (SSSR count). The van der Waals surface area contributed by atoms with Crippen LogP contribution in [0.25, 0.3) is 10.9 Å². The number of thioether (sulfide) groups is 1. The molecule has 0 fully saturated rings. The third-order valence-electron chi connectivity index (χ3n) is 3.71. The van der Waals surface area contributed by atoms with E-state index in [0.29, 0.717) is 22.6 Å². The topological polar surface area (TPSA) is 68.1 Å². The zero-order chi connectivity index (χ0) is 17.8. The molecule has 6 nitrogen and oxygen atoms in total. The van der Waals surface area contributed by atoms with Gasteiger partial charge in [-0.3, -0.25) is 19.1 Å². The van der Waals surface area contributed by atoms with Crippen molar-refractivity contribution in [1.82, 2.24) is 19.4 Å². The van der Waals surface area contributed by atoms with Crippen molar-refractivity contribution in [2.24, 2.45) is 0 Å². The molecule has 128 valence electrons. The lowest BCUT2D eigenvalue weighted by atomic mass is 10.2. The molecule has 25 heavy (non-hydrogen) atoms. The fraction of sp³-hybridized carbons (Fsp3) is 0.222. The lowest BCUT2D eigenvalue weighted by molar-refractivity contribution is -0.125. The zero-order valence-corrected chi connectivity index (χ0v) is 14.9. The largest absolute Gasteiger partial charge is 0.348 e. The fourth-order valence-electron chi connectivity index (χ4n) is 2.33. The molecule has 1 aromatic carbocycles. The molecular formula is C18H18N4O2S. The number of carbonyl (C=O) groups is 1. The minimum atomic E-state index is -0.116. The van der Waals surface area contributed by atoms with Crippen LogP contribution in [0.4, 0.5) is 0 Å². The molecule has 0 aliphatic rings. The third kappa shape index (κ3) is 3.88. The molecule has 1 amide bonds. The minimum absolute atomic E-state index is 0.0275. The number of carbonyl (C=O) groups excluding carboxylic acids is 1. The molecule has 2 aromatic heterocycles. The molecule has 0 N–H and O–H groups in total. The molecule has 3 aromatic rings. The summed E-state index contributed by atoms with van der Waals surface area (Å²) in [4.78, 5) is 35.1. The second-order valence-corrected chi connectivity index (χ2v) is 6.68. The van der Waals surface area contributed by atoms with Gasteiger partial charge in [0.2, 0.25) is 5.91 Å². The van der Waals surface area contributed by atoms with E-state index in [-0.39, 0.29) is 17.2 Å². The number of aromatic nitrogens is 3. The van der Waals surface area contributed by atoms with E-state index in [4.69, 9.17) is 0 Å². The van der Waals surface area contributed by atoms with Crippen LogP contribution < -0.4 is 5.56 Å². The molecule has 2 heterocycles. The number of rotatable bonds is 5. The lowest BCUT2D eigenvalue weighted by Gasteiger charge is -2.14. The maximum atomic E-state index is 12.9. The summed E-state index contributed by atoms with van der Waals surface area (Å²) in [6.07, 6.45) is 3.41. The highest BCUT2D eigenvalue weighted by atomic mass is 32.2. The van der Waals surface area contributed by atoms with Crippen LogP contribution in [-0.2, 0) is 11.3 Å². The van der Waals surface area contributed by atoms with Crippen LogP contribution in [0.3, 0.4) is 0 Å². The minimum Gasteiger partial charge on any atom is -0.348 e. The normalized spacial score (nSPS) is 10.8. The lowest BCUT2D eigenvalue weighted by Crippen LogP contribution is -2.26. The van der Waals surface area contributed by atoms with Crippen molar-refractivity contribution in [3.05, 3.63) is 64.7 Å². The van der Waals surface area contributed by atoms with Gasteiger partial charge >= 0.3 is 0 Å². The van der Waals surface area contributed by atoms with Crippen LogP contribution in [0.2, 0.25) is 0 Å². The van der Waals surface area contributed by atoms with Crippen molar-refractivity contribution >= 4 is 28.6 Å². The average Bonchev–Trinajstić information content (AvgIpc) is 2.63. The Morgan fingerprint density at radius 1 is 1.20 bits per heavy atom. The van der Waals surface area contributed by atoms with E-state index in [0.717, 1.165) is 5.56 Å². The summed E-state index contributed by atoms with van der Waals surface area (Å²) in [5.41, 5.74) is 1.42. The molecule has 0 aliphatic carbocycles. The number of fused-ring (bicyclic) bond motifs is 1. The van der Waals surface area contributed by atoms with Gasteiger partial charge in [-0.2, -0.15) is 0 Å². The van der Waals surface area contributed by atoms with Gasteiger partial charge in [0.25, 0.3) is 5.56 Å². The highest BCUT2D eigenvalue weighted by molar-refractivity contribution is 7.99. The monoisotopic (exact) mass is 354 g/mol. The van der Waals surface area contributed by atoms with Gasteiger partial charge in [-0.15, -0.1) is 0 Å². The van der Waals surface area contributed by atoms with Gasteiger partial charge in [0, 0.05) is 26.5 Å². The fourth-order valence-corrected chi connectivity index (χ4v) is 3.30. The summed E-state index contributed by atoms with van der Waals surface area (Å²) >= 11 is 1.27. The highest BCUT2D eigenvalue weighted by Crippen LogP contribution is 2.19. The van der Waals surface area contributed by atoms with Crippen LogP contribution in [0.1, 0.15) is 5.56 Å². The maximum Gasteiger partial charge on any atom is 0.262 e. The second kappa shape index (κ2) is 7.48. The number of para-hydroxylation sites is 1. The van der Waals surface area contributed by atoms with E-state index >= 15 is 0 Å². The van der Waals surface area contributed by atoms with Gasteiger partial charge in [-0.05, 0) is 23.8 Å². The molecule has 0 bridgehead atoms. The Balaban J connectivity index is 2.04. The molecule has 0 saturated heterocycles. The van der Waals surface area contributed by atoms with Gasteiger partial charge in [-0.25, -0.2) is 4.98 Å². The second-order valence-electron chi connectivity index (χ2n) is 5.74. The number of amides is 1. The van der Waals surface area contributed by atoms with Gasteiger partial charge in [-0.1, -0.05) is 30.0 Å². The summed E-state index contributed by atoms with van der Waals surface area (Å²) in [6.45, 7) is 0.364. The van der Waals surface area contributed by atoms with Crippen LogP contribution in [-0.4, -0.2) is 45.2 Å². The van der Waals surface area contributed by atoms with E-state index in [1.54, 1.807) is 37.1 Å². The summed E-state index contributed by atoms with van der Waals surface area (Å²) in [5, 5.41) is 1.09. The van der Waals surface area contributed by atoms with Crippen molar-refractivity contribution in [3.63, 3.8) is 0 Å². The van der Waals surface area contributed by atoms with Crippen molar-refractivity contribution in [3.8, 4) is 0 Å². The van der Waals surface area contributed by atoms with Gasteiger partial charge in [0.1, 0.15) is 0 Å². The summed E-state index contributed by atoms with van der Waals surface area (Å²) in [5.74, 6) is 0.200. The third-order valence-corrected chi connectivity index (χ3v) is 4.67. The Hall–Kier alpha value is -2.67. The van der Waals surface area contributed by atoms with Crippen LogP contribution >= 0.6 is 11.8 Å². The first-order chi connectivity index (χ1) is 12.1. The van der Waals surface area contributed by atoms with Crippen molar-refractivity contribution in [2.75, 3.05) is 19.8 Å². The number of hydrogen-bond acceptors (Lipinski definition) is 5. The molecule has 0 atom stereocenters. The van der Waals surface area contributed by atoms with Crippen molar-refractivity contribution < 1.29 is 4.79 Å². The van der Waals surface area contributed by atoms with E-state index in [2.05, 4.69) is 9.97 Å². The Labute approximate surface area is 149 Å². The molecular weight excluding hydrogens is 336 g/mol. The predicted molar refractivity (Wildman–Crippen MR) is 98.8 cm³/mol. The van der Waals surface area contributed by atoms with E-state index in [1.165, 1.54) is 16.7 Å². The summed E-state index contributed by atoms with van der Waals surface area (Å²) in [7, 11) is 3.42. The first-order valence-corrected chi connectivity index (χ1v) is 8.76. The predicted octanol–water partition coefficient (Wildman–Crippen LogP) is 2.02. The van der Waals surface area contributed by atoms with E-state index < -0.39 is 0 Å². The van der Waals surface area contributed by atoms with E-state index in [9.17, 15) is 9.59 Å². The first-order valence-electron chi connectivity index (χ1n) is 7.77. The molecule has 0 saturated carbocycles. The molecule has 0 radical (unpaired) electrons. The van der Waals surface area contributed by atoms with Gasteiger partial charge in [0.15, 0.2) is 5.16 Å². The average molecular weight is 354 g/mol. The summed E-state index contributed by atoms with van der Waals surface area (Å²) in [6, 6.07) is 11.0. The Kier molecular flexibility index (Phi) is 5.14. The Morgan fingerprint density at radius 3 is 2.72 bits per heavy atom. The SMILES string of the molecule is CN(C)C(=O)CSc1nc2ccccc2c(=O)n1Cc1cccnc1. The Morgan fingerprint density at radius 2 is 2.00 bits per heavy atom. The van der Waals surface area contributed by atoms with Crippen LogP contribution in [0, 0.1) is 0 Å². The quantitative estimate of drug-likeness (QED) is 0.518. The molecule has 0 unspecified atom stereocenters. The smallest absolute Gasteiger partial charge is 0.262 e. The van der Waals surface area contributed by atoms with Crippen molar-refractivity contribution in [1.29, 1.82) is 0 Å². The number of pyridine rings is 1. The molecule has 0 spiro atoms. The summed E-state index contributed by atoms with van der Waals surface area (Å²) < 4.78 is 1.60. The van der Waals surface area contributed by atoms with Crippen LogP contribution in [0.5, 0.6) is 0 Å². The highest BCUT2D eigenvalue weighted by Gasteiger charge is 2.14. The standard InChI is InChI=1S/C18H18N4O2S/c1-21(2)16(23)12-25-18-20-15-8-4-3-7-14(15)17(24)22(18)11-13-6-5-9-19-10-13/h3-10H,11-12H2,1-2H3.